The number of hydrogen-bond donors (Lipinski definition) is 2. The number of aliphatic carboxylic acids is 1. The van der Waals surface area contributed by atoms with Gasteiger partial charge in [-0.25, -0.2) is 4.79 Å². The van der Waals surface area contributed by atoms with Gasteiger partial charge in [-0.3, -0.25) is 4.79 Å². The Bertz CT molecular complexity index is 607. The Kier molecular flexibility index (Phi) is 7.39. The minimum absolute atomic E-state index is 0.226. The van der Waals surface area contributed by atoms with Gasteiger partial charge in [0.05, 0.1) is 14.2 Å². The summed E-state index contributed by atoms with van der Waals surface area (Å²) in [7, 11) is 3.02. The largest absolute Gasteiger partial charge is 0.493 e. The number of ether oxygens (including phenoxy) is 2. The van der Waals surface area contributed by atoms with Gasteiger partial charge in [-0.05, 0) is 31.1 Å². The number of carbonyl (C=O) groups excluding carboxylic acids is 1. The summed E-state index contributed by atoms with van der Waals surface area (Å²) in [5.41, 5.74) is 0.851. The number of nitrogens with one attached hydrogen (secondary N) is 1. The summed E-state index contributed by atoms with van der Waals surface area (Å²) in [6.45, 7) is 3.73. The second-order valence-corrected chi connectivity index (χ2v) is 4.66. The summed E-state index contributed by atoms with van der Waals surface area (Å²) in [6, 6.07) is 5.25. The van der Waals surface area contributed by atoms with Gasteiger partial charge in [0.25, 0.3) is 0 Å². The smallest absolute Gasteiger partial charge is 0.331 e. The molecule has 0 saturated heterocycles. The Hall–Kier alpha value is -2.76. The van der Waals surface area contributed by atoms with Gasteiger partial charge < -0.3 is 19.9 Å². The van der Waals surface area contributed by atoms with E-state index in [-0.39, 0.29) is 11.5 Å². The molecule has 23 heavy (non-hydrogen) atoms. The van der Waals surface area contributed by atoms with Crippen LogP contribution in [0.2, 0.25) is 0 Å². The predicted molar refractivity (Wildman–Crippen MR) is 87.6 cm³/mol. The number of para-hydroxylation sites is 1. The zero-order valence-electron chi connectivity index (χ0n) is 13.3. The van der Waals surface area contributed by atoms with Crippen LogP contribution < -0.4 is 14.8 Å². The molecule has 0 aliphatic carbocycles. The van der Waals surface area contributed by atoms with E-state index in [2.05, 4.69) is 11.9 Å². The maximum absolute atomic E-state index is 11.4. The highest BCUT2D eigenvalue weighted by molar-refractivity contribution is 5.92. The highest BCUT2D eigenvalue weighted by Gasteiger charge is 2.12. The fourth-order valence-corrected chi connectivity index (χ4v) is 2.02. The van der Waals surface area contributed by atoms with Crippen LogP contribution in [-0.4, -0.2) is 37.7 Å². The van der Waals surface area contributed by atoms with Crippen molar-refractivity contribution in [2.45, 2.75) is 12.8 Å². The van der Waals surface area contributed by atoms with Crippen LogP contribution in [0.25, 0.3) is 6.08 Å². The van der Waals surface area contributed by atoms with Crippen molar-refractivity contribution in [1.82, 2.24) is 5.32 Å². The molecule has 0 spiro atoms. The molecule has 0 unspecified atom stereocenters. The first-order valence-corrected chi connectivity index (χ1v) is 7.08. The number of carbonyl (C=O) groups is 2. The third kappa shape index (κ3) is 5.50. The van der Waals surface area contributed by atoms with Gasteiger partial charge in [0.15, 0.2) is 11.5 Å². The fraction of sp³-hybridized carbons (Fsp3) is 0.294. The summed E-state index contributed by atoms with van der Waals surface area (Å²) in [4.78, 5) is 22.4. The monoisotopic (exact) mass is 319 g/mol. The summed E-state index contributed by atoms with van der Waals surface area (Å²) in [5, 5.41) is 11.9. The summed E-state index contributed by atoms with van der Waals surface area (Å²) < 4.78 is 10.5. The molecule has 0 saturated carbocycles. The molecule has 0 heterocycles. The number of hydrogen-bond acceptors (Lipinski definition) is 4. The van der Waals surface area contributed by atoms with Crippen molar-refractivity contribution in [2.75, 3.05) is 20.8 Å². The van der Waals surface area contributed by atoms with E-state index < -0.39 is 5.97 Å². The van der Waals surface area contributed by atoms with Crippen molar-refractivity contribution in [3.8, 4) is 11.5 Å². The molecule has 0 radical (unpaired) electrons. The predicted octanol–water partition coefficient (Wildman–Crippen LogP) is 2.25. The number of methoxy groups -OCH3 is 2. The van der Waals surface area contributed by atoms with Crippen LogP contribution >= 0.6 is 0 Å². The van der Waals surface area contributed by atoms with E-state index in [4.69, 9.17) is 9.47 Å². The number of rotatable bonds is 9. The maximum atomic E-state index is 11.4. The Morgan fingerprint density at radius 2 is 2.04 bits per heavy atom. The molecule has 1 rings (SSSR count). The molecule has 0 aliphatic heterocycles. The first-order chi connectivity index (χ1) is 11.0. The zero-order valence-corrected chi connectivity index (χ0v) is 13.3. The molecule has 1 aromatic rings. The quantitative estimate of drug-likeness (QED) is 0.539. The van der Waals surface area contributed by atoms with Crippen LogP contribution in [0.1, 0.15) is 18.4 Å². The molecule has 0 aromatic heterocycles. The lowest BCUT2D eigenvalue weighted by atomic mass is 10.1. The second-order valence-electron chi connectivity index (χ2n) is 4.66. The van der Waals surface area contributed by atoms with Crippen LogP contribution in [0, 0.1) is 0 Å². The molecule has 1 aromatic carbocycles. The van der Waals surface area contributed by atoms with Crippen LogP contribution in [0.3, 0.4) is 0 Å². The molecule has 2 N–H and O–H groups in total. The molecule has 0 atom stereocenters. The lowest BCUT2D eigenvalue weighted by Gasteiger charge is -2.11. The molecule has 6 heteroatoms. The van der Waals surface area contributed by atoms with Gasteiger partial charge in [0, 0.05) is 17.7 Å². The number of benzene rings is 1. The van der Waals surface area contributed by atoms with Gasteiger partial charge >= 0.3 is 5.97 Å². The summed E-state index contributed by atoms with van der Waals surface area (Å²) >= 11 is 0. The molecular weight excluding hydrogens is 298 g/mol. The average molecular weight is 319 g/mol. The fourth-order valence-electron chi connectivity index (χ4n) is 2.02. The Morgan fingerprint density at radius 3 is 2.61 bits per heavy atom. The van der Waals surface area contributed by atoms with E-state index >= 15 is 0 Å². The molecule has 6 nitrogen and oxygen atoms in total. The Labute approximate surface area is 135 Å². The molecule has 124 valence electrons. The molecule has 0 fully saturated rings. The third-order valence-electron chi connectivity index (χ3n) is 3.15. The van der Waals surface area contributed by atoms with E-state index in [0.717, 1.165) is 0 Å². The van der Waals surface area contributed by atoms with E-state index in [0.29, 0.717) is 36.4 Å². The highest BCUT2D eigenvalue weighted by atomic mass is 16.5. The van der Waals surface area contributed by atoms with E-state index in [9.17, 15) is 14.7 Å². The first-order valence-electron chi connectivity index (χ1n) is 7.08. The molecule has 0 bridgehead atoms. The number of carboxylic acid groups (broad SMARTS) is 1. The minimum Gasteiger partial charge on any atom is -0.493 e. The number of amides is 1. The van der Waals surface area contributed by atoms with Crippen LogP contribution in [-0.2, 0) is 9.59 Å². The van der Waals surface area contributed by atoms with E-state index in [1.54, 1.807) is 24.3 Å². The maximum Gasteiger partial charge on any atom is 0.331 e. The Morgan fingerprint density at radius 1 is 1.30 bits per heavy atom. The molecule has 1 amide bonds. The zero-order chi connectivity index (χ0) is 17.2. The highest BCUT2D eigenvalue weighted by Crippen LogP contribution is 2.32. The van der Waals surface area contributed by atoms with Crippen molar-refractivity contribution >= 4 is 18.0 Å². The lowest BCUT2D eigenvalue weighted by molar-refractivity contribution is -0.132. The van der Waals surface area contributed by atoms with Crippen molar-refractivity contribution in [2.24, 2.45) is 0 Å². The standard InChI is InChI=1S/C17H21NO5/c1-4-15(19)18-10-6-8-13(17(20)21)11-12-7-5-9-14(22-2)16(12)23-3/h4-5,7,9,11H,1,6,8,10H2,2-3H3,(H,18,19)(H,20,21)/b13-11+. The normalized spacial score (nSPS) is 10.8. The van der Waals surface area contributed by atoms with E-state index in [1.807, 2.05) is 0 Å². The van der Waals surface area contributed by atoms with Gasteiger partial charge in [0.2, 0.25) is 5.91 Å². The van der Waals surface area contributed by atoms with Gasteiger partial charge in [-0.2, -0.15) is 0 Å². The summed E-state index contributed by atoms with van der Waals surface area (Å²) in [6.07, 6.45) is 3.55. The van der Waals surface area contributed by atoms with Crippen molar-refractivity contribution < 1.29 is 24.2 Å². The van der Waals surface area contributed by atoms with Crippen LogP contribution in [0.5, 0.6) is 11.5 Å². The van der Waals surface area contributed by atoms with Gasteiger partial charge in [-0.15, -0.1) is 0 Å². The molecular formula is C17H21NO5. The topological polar surface area (TPSA) is 84.9 Å². The minimum atomic E-state index is -1.01. The third-order valence-corrected chi connectivity index (χ3v) is 3.15. The van der Waals surface area contributed by atoms with Crippen molar-refractivity contribution in [3.63, 3.8) is 0 Å². The van der Waals surface area contributed by atoms with Gasteiger partial charge in [0.1, 0.15) is 0 Å². The summed E-state index contributed by atoms with van der Waals surface area (Å²) in [5.74, 6) is -0.275. The van der Waals surface area contributed by atoms with E-state index in [1.165, 1.54) is 20.3 Å². The SMILES string of the molecule is C=CC(=O)NCCC/C(=C\c1cccc(OC)c1OC)C(=O)O. The van der Waals surface area contributed by atoms with Crippen molar-refractivity contribution in [1.29, 1.82) is 0 Å². The Balaban J connectivity index is 2.89. The second kappa shape index (κ2) is 9.30. The first kappa shape index (κ1) is 18.3. The lowest BCUT2D eigenvalue weighted by Crippen LogP contribution is -2.22. The van der Waals surface area contributed by atoms with Gasteiger partial charge in [-0.1, -0.05) is 18.7 Å². The van der Waals surface area contributed by atoms with Crippen molar-refractivity contribution in [3.05, 3.63) is 42.0 Å². The van der Waals surface area contributed by atoms with Crippen LogP contribution in [0.4, 0.5) is 0 Å². The molecule has 0 aliphatic rings. The van der Waals surface area contributed by atoms with Crippen LogP contribution in [0.15, 0.2) is 36.4 Å². The number of carboxylic acids is 1. The average Bonchev–Trinajstić information content (AvgIpc) is 2.56.